The Morgan fingerprint density at radius 1 is 1.00 bits per heavy atom. The number of hydrogen-bond donors (Lipinski definition) is 0. The predicted molar refractivity (Wildman–Crippen MR) is 61.9 cm³/mol. The SMILES string of the molecule is C.C.CCP(C)(=O)CP(C)(C)=O. The summed E-state index contributed by atoms with van der Waals surface area (Å²) in [5, 5.41) is 0. The second-order valence-electron chi connectivity index (χ2n) is 3.33. The highest BCUT2D eigenvalue weighted by Gasteiger charge is 2.20. The van der Waals surface area contributed by atoms with Gasteiger partial charge in [-0.2, -0.15) is 0 Å². The van der Waals surface area contributed by atoms with Gasteiger partial charge in [0.1, 0.15) is 0 Å². The molecule has 78 valence electrons. The molecule has 0 heterocycles. The molecule has 0 rings (SSSR count). The summed E-state index contributed by atoms with van der Waals surface area (Å²) >= 11 is 0. The molecule has 0 N–H and O–H groups in total. The minimum Gasteiger partial charge on any atom is -0.324 e. The van der Waals surface area contributed by atoms with Crippen molar-refractivity contribution in [2.24, 2.45) is 0 Å². The van der Waals surface area contributed by atoms with Gasteiger partial charge in [0.2, 0.25) is 0 Å². The van der Waals surface area contributed by atoms with E-state index in [1.807, 2.05) is 6.92 Å². The molecule has 0 aromatic rings. The van der Waals surface area contributed by atoms with Crippen LogP contribution in [0.3, 0.4) is 0 Å². The third-order valence-corrected chi connectivity index (χ3v) is 7.76. The molecular formula is C8H24O2P2. The van der Waals surface area contributed by atoms with Gasteiger partial charge >= 0.3 is 0 Å². The van der Waals surface area contributed by atoms with Gasteiger partial charge in [0.15, 0.2) is 0 Å². The normalized spacial score (nSPS) is 15.3. The Kier molecular flexibility index (Phi) is 9.14. The van der Waals surface area contributed by atoms with Gasteiger partial charge in [0.05, 0.1) is 20.2 Å². The van der Waals surface area contributed by atoms with Crippen LogP contribution in [0.15, 0.2) is 0 Å². The van der Waals surface area contributed by atoms with E-state index in [0.29, 0.717) is 12.1 Å². The Morgan fingerprint density at radius 2 is 1.33 bits per heavy atom. The summed E-state index contributed by atoms with van der Waals surface area (Å²) in [4.78, 5) is 0. The van der Waals surface area contributed by atoms with E-state index in [1.54, 1.807) is 20.0 Å². The Balaban J connectivity index is -0.000000405. The van der Waals surface area contributed by atoms with E-state index in [-0.39, 0.29) is 14.9 Å². The standard InChI is InChI=1S/C6H16O2P2.2CH4/c1-5-10(4,8)6-9(2,3)7;;/h5-6H2,1-4H3;2*1H4. The fraction of sp³-hybridized carbons (Fsp3) is 1.00. The summed E-state index contributed by atoms with van der Waals surface area (Å²) < 4.78 is 22.6. The fourth-order valence-electron chi connectivity index (χ4n) is 0.820. The second kappa shape index (κ2) is 6.00. The van der Waals surface area contributed by atoms with Crippen LogP contribution in [0.1, 0.15) is 21.8 Å². The lowest BCUT2D eigenvalue weighted by molar-refractivity contribution is 0.575. The maximum atomic E-state index is 11.4. The number of rotatable bonds is 3. The van der Waals surface area contributed by atoms with E-state index in [0.717, 1.165) is 0 Å². The smallest absolute Gasteiger partial charge is 0.0915 e. The van der Waals surface area contributed by atoms with Crippen LogP contribution in [-0.4, -0.2) is 32.1 Å². The third-order valence-electron chi connectivity index (χ3n) is 1.31. The highest BCUT2D eigenvalue weighted by molar-refractivity contribution is 7.79. The first kappa shape index (κ1) is 18.3. The van der Waals surface area contributed by atoms with E-state index in [9.17, 15) is 9.13 Å². The molecule has 0 aliphatic carbocycles. The zero-order valence-electron chi connectivity index (χ0n) is 7.13. The average Bonchev–Trinajstić information content (AvgIpc) is 1.60. The van der Waals surface area contributed by atoms with Gasteiger partial charge in [-0.15, -0.1) is 0 Å². The molecule has 0 radical (unpaired) electrons. The molecule has 12 heavy (non-hydrogen) atoms. The molecule has 0 aliphatic heterocycles. The highest BCUT2D eigenvalue weighted by atomic mass is 31.2. The molecule has 0 saturated carbocycles. The fourth-order valence-corrected chi connectivity index (χ4v) is 7.38. The molecule has 0 aliphatic rings. The van der Waals surface area contributed by atoms with Crippen LogP contribution >= 0.6 is 14.3 Å². The first-order valence-electron chi connectivity index (χ1n) is 3.36. The first-order chi connectivity index (χ1) is 4.27. The maximum Gasteiger partial charge on any atom is 0.0915 e. The lowest BCUT2D eigenvalue weighted by atomic mass is 11.0. The summed E-state index contributed by atoms with van der Waals surface area (Å²) in [6.45, 7) is 7.00. The van der Waals surface area contributed by atoms with Crippen molar-refractivity contribution in [2.45, 2.75) is 21.8 Å². The van der Waals surface area contributed by atoms with Crippen LogP contribution in [0.25, 0.3) is 0 Å². The molecule has 0 saturated heterocycles. The van der Waals surface area contributed by atoms with Gasteiger partial charge in [-0.1, -0.05) is 21.8 Å². The molecule has 0 aromatic heterocycles. The summed E-state index contributed by atoms with van der Waals surface area (Å²) in [5.41, 5.74) is 0. The Hall–Kier alpha value is 0.460. The Morgan fingerprint density at radius 3 is 1.42 bits per heavy atom. The van der Waals surface area contributed by atoms with Gasteiger partial charge in [0, 0.05) is 0 Å². The molecular weight excluding hydrogens is 190 g/mol. The van der Waals surface area contributed by atoms with Crippen LogP contribution in [-0.2, 0) is 9.13 Å². The molecule has 0 fully saturated rings. The highest BCUT2D eigenvalue weighted by Crippen LogP contribution is 2.55. The molecule has 0 bridgehead atoms. The molecule has 1 unspecified atom stereocenters. The minimum atomic E-state index is -2.07. The van der Waals surface area contributed by atoms with E-state index in [4.69, 9.17) is 0 Å². The largest absolute Gasteiger partial charge is 0.324 e. The molecule has 1 atom stereocenters. The lowest BCUT2D eigenvalue weighted by Crippen LogP contribution is -1.90. The van der Waals surface area contributed by atoms with Crippen molar-refractivity contribution in [3.8, 4) is 0 Å². The summed E-state index contributed by atoms with van der Waals surface area (Å²) in [5.74, 6) is 0.427. The maximum absolute atomic E-state index is 11.4. The molecule has 2 nitrogen and oxygen atoms in total. The van der Waals surface area contributed by atoms with Gasteiger partial charge in [0.25, 0.3) is 0 Å². The molecule has 0 aromatic carbocycles. The minimum absolute atomic E-state index is 0. The average molecular weight is 214 g/mol. The Bertz CT molecular complexity index is 193. The summed E-state index contributed by atoms with van der Waals surface area (Å²) in [6.07, 6.45) is 0.665. The van der Waals surface area contributed by atoms with E-state index in [2.05, 4.69) is 0 Å². The van der Waals surface area contributed by atoms with Crippen molar-refractivity contribution in [1.29, 1.82) is 0 Å². The lowest BCUT2D eigenvalue weighted by Gasteiger charge is -2.12. The van der Waals surface area contributed by atoms with E-state index < -0.39 is 14.3 Å². The van der Waals surface area contributed by atoms with Crippen LogP contribution in [0.4, 0.5) is 0 Å². The zero-order chi connectivity index (χ0) is 8.41. The van der Waals surface area contributed by atoms with Crippen molar-refractivity contribution in [2.75, 3.05) is 32.1 Å². The summed E-state index contributed by atoms with van der Waals surface area (Å²) in [6, 6.07) is 0. The van der Waals surface area contributed by atoms with Crippen LogP contribution in [0.5, 0.6) is 0 Å². The van der Waals surface area contributed by atoms with Crippen molar-refractivity contribution in [1.82, 2.24) is 0 Å². The van der Waals surface area contributed by atoms with E-state index >= 15 is 0 Å². The van der Waals surface area contributed by atoms with Crippen LogP contribution in [0, 0.1) is 0 Å². The topological polar surface area (TPSA) is 34.1 Å². The molecule has 0 spiro atoms. The van der Waals surface area contributed by atoms with Crippen molar-refractivity contribution in [3.63, 3.8) is 0 Å². The zero-order valence-corrected chi connectivity index (χ0v) is 8.91. The first-order valence-corrected chi connectivity index (χ1v) is 8.67. The quantitative estimate of drug-likeness (QED) is 0.668. The van der Waals surface area contributed by atoms with Crippen LogP contribution in [0.2, 0.25) is 0 Å². The number of hydrogen-bond acceptors (Lipinski definition) is 2. The molecule has 4 heteroatoms. The van der Waals surface area contributed by atoms with Gasteiger partial charge < -0.3 is 9.13 Å². The predicted octanol–water partition coefficient (Wildman–Crippen LogP) is 3.85. The van der Waals surface area contributed by atoms with Crippen LogP contribution < -0.4 is 0 Å². The van der Waals surface area contributed by atoms with Crippen molar-refractivity contribution >= 4 is 14.3 Å². The van der Waals surface area contributed by atoms with Crippen molar-refractivity contribution < 1.29 is 9.13 Å². The summed E-state index contributed by atoms with van der Waals surface area (Å²) in [7, 11) is -4.12. The van der Waals surface area contributed by atoms with Gasteiger partial charge in [-0.3, -0.25) is 0 Å². The third kappa shape index (κ3) is 10.5. The monoisotopic (exact) mass is 214 g/mol. The Labute approximate surface area is 77.9 Å². The van der Waals surface area contributed by atoms with Crippen molar-refractivity contribution in [3.05, 3.63) is 0 Å². The second-order valence-corrected chi connectivity index (χ2v) is 10.8. The molecule has 0 amide bonds. The van der Waals surface area contributed by atoms with Gasteiger partial charge in [-0.05, 0) is 26.2 Å². The van der Waals surface area contributed by atoms with E-state index in [1.165, 1.54) is 0 Å². The van der Waals surface area contributed by atoms with Gasteiger partial charge in [-0.25, -0.2) is 0 Å².